The zero-order valence-electron chi connectivity index (χ0n) is 14.2. The molecule has 0 aromatic rings. The van der Waals surface area contributed by atoms with Gasteiger partial charge in [-0.15, -0.1) is 0 Å². The van der Waals surface area contributed by atoms with E-state index in [9.17, 15) is 5.11 Å². The maximum atomic E-state index is 10.0. The summed E-state index contributed by atoms with van der Waals surface area (Å²) >= 11 is 0. The first kappa shape index (κ1) is 18.1. The second-order valence-corrected chi connectivity index (χ2v) is 12.3. The van der Waals surface area contributed by atoms with Crippen molar-refractivity contribution in [2.75, 3.05) is 14.2 Å². The van der Waals surface area contributed by atoms with E-state index in [1.165, 1.54) is 0 Å². The van der Waals surface area contributed by atoms with Crippen molar-refractivity contribution in [3.8, 4) is 0 Å². The summed E-state index contributed by atoms with van der Waals surface area (Å²) in [4.78, 5) is 0. The summed E-state index contributed by atoms with van der Waals surface area (Å²) < 4.78 is 17.2. The molecule has 1 unspecified atom stereocenters. The third kappa shape index (κ3) is 4.81. The Morgan fingerprint density at radius 3 is 2.00 bits per heavy atom. The van der Waals surface area contributed by atoms with Crippen LogP contribution >= 0.6 is 0 Å². The molecule has 0 radical (unpaired) electrons. The minimum atomic E-state index is -1.88. The minimum absolute atomic E-state index is 0.115. The number of hydrogen-bond donors (Lipinski definition) is 1. The summed E-state index contributed by atoms with van der Waals surface area (Å²) in [6.07, 6.45) is 2.86. The van der Waals surface area contributed by atoms with E-state index in [2.05, 4.69) is 33.9 Å². The van der Waals surface area contributed by atoms with Gasteiger partial charge in [0.05, 0.1) is 11.7 Å². The summed E-state index contributed by atoms with van der Waals surface area (Å²) in [6, 6.07) is 0. The number of methoxy groups -OCH3 is 2. The molecule has 0 amide bonds. The highest BCUT2D eigenvalue weighted by Crippen LogP contribution is 2.42. The van der Waals surface area contributed by atoms with Gasteiger partial charge < -0.3 is 19.0 Å². The van der Waals surface area contributed by atoms with Gasteiger partial charge in [0.2, 0.25) is 0 Å². The first-order valence-electron chi connectivity index (χ1n) is 7.50. The first-order valence-corrected chi connectivity index (χ1v) is 10.4. The highest BCUT2D eigenvalue weighted by molar-refractivity contribution is 6.74. The zero-order chi connectivity index (χ0) is 15.6. The van der Waals surface area contributed by atoms with Crippen LogP contribution in [0.15, 0.2) is 0 Å². The highest BCUT2D eigenvalue weighted by atomic mass is 28.4. The van der Waals surface area contributed by atoms with E-state index in [0.717, 1.165) is 25.7 Å². The van der Waals surface area contributed by atoms with Crippen molar-refractivity contribution >= 4 is 8.32 Å². The molecule has 1 aliphatic rings. The smallest absolute Gasteiger partial charge is 0.192 e. The van der Waals surface area contributed by atoms with Crippen LogP contribution in [0.1, 0.15) is 46.5 Å². The normalized spacial score (nSPS) is 20.2. The van der Waals surface area contributed by atoms with Crippen LogP contribution in [0.4, 0.5) is 0 Å². The number of ether oxygens (including phenoxy) is 2. The molecule has 1 fully saturated rings. The largest absolute Gasteiger partial charge is 0.409 e. The zero-order valence-corrected chi connectivity index (χ0v) is 15.2. The van der Waals surface area contributed by atoms with Crippen molar-refractivity contribution in [2.24, 2.45) is 0 Å². The number of aliphatic hydroxyl groups is 1. The molecule has 5 heteroatoms. The average Bonchev–Trinajstić information content (AvgIpc) is 3.04. The minimum Gasteiger partial charge on any atom is -0.409 e. The van der Waals surface area contributed by atoms with Crippen LogP contribution in [0.3, 0.4) is 0 Å². The molecule has 4 nitrogen and oxygen atoms in total. The molecule has 0 heterocycles. The Bertz CT molecular complexity index is 303. The molecule has 1 saturated carbocycles. The Kier molecular flexibility index (Phi) is 5.83. The summed E-state index contributed by atoms with van der Waals surface area (Å²) in [5.74, 6) is 0. The lowest BCUT2D eigenvalue weighted by Crippen LogP contribution is -2.48. The van der Waals surface area contributed by atoms with Crippen molar-refractivity contribution < 1.29 is 19.0 Å². The van der Waals surface area contributed by atoms with Crippen LogP contribution < -0.4 is 0 Å². The Morgan fingerprint density at radius 1 is 1.15 bits per heavy atom. The van der Waals surface area contributed by atoms with Crippen molar-refractivity contribution in [2.45, 2.75) is 82.6 Å². The van der Waals surface area contributed by atoms with Gasteiger partial charge in [0.1, 0.15) is 0 Å². The number of rotatable bonds is 8. The van der Waals surface area contributed by atoms with E-state index in [1.54, 1.807) is 14.2 Å². The molecule has 0 saturated heterocycles. The fraction of sp³-hybridized carbons (Fsp3) is 1.00. The fourth-order valence-corrected chi connectivity index (χ4v) is 3.35. The Balaban J connectivity index is 2.71. The molecule has 0 aromatic carbocycles. The molecular formula is C15H32O4Si. The van der Waals surface area contributed by atoms with E-state index in [4.69, 9.17) is 13.9 Å². The molecule has 1 atom stereocenters. The van der Waals surface area contributed by atoms with Gasteiger partial charge >= 0.3 is 0 Å². The monoisotopic (exact) mass is 304 g/mol. The van der Waals surface area contributed by atoms with Crippen LogP contribution in [-0.4, -0.2) is 45.6 Å². The van der Waals surface area contributed by atoms with Crippen LogP contribution in [0.25, 0.3) is 0 Å². The van der Waals surface area contributed by atoms with E-state index in [-0.39, 0.29) is 17.4 Å². The predicted molar refractivity (Wildman–Crippen MR) is 83.3 cm³/mol. The Labute approximate surface area is 124 Å². The van der Waals surface area contributed by atoms with Gasteiger partial charge in [0.25, 0.3) is 0 Å². The second kappa shape index (κ2) is 6.44. The molecule has 0 aliphatic heterocycles. The summed E-state index contributed by atoms with van der Waals surface area (Å²) in [5, 5.41) is 10.2. The van der Waals surface area contributed by atoms with Crippen LogP contribution in [0.5, 0.6) is 0 Å². The third-order valence-corrected chi connectivity index (χ3v) is 9.25. The summed E-state index contributed by atoms with van der Waals surface area (Å²) in [5.41, 5.74) is -0.457. The van der Waals surface area contributed by atoms with Gasteiger partial charge in [-0.3, -0.25) is 0 Å². The molecule has 20 heavy (non-hydrogen) atoms. The van der Waals surface area contributed by atoms with E-state index < -0.39 is 13.9 Å². The van der Waals surface area contributed by atoms with Crippen molar-refractivity contribution in [1.29, 1.82) is 0 Å². The lowest BCUT2D eigenvalue weighted by Gasteiger charge is -2.41. The topological polar surface area (TPSA) is 47.9 Å². The molecule has 1 aliphatic carbocycles. The first-order chi connectivity index (χ1) is 9.04. The number of hydrogen-bond acceptors (Lipinski definition) is 4. The van der Waals surface area contributed by atoms with E-state index in [1.807, 2.05) is 0 Å². The molecule has 0 spiro atoms. The van der Waals surface area contributed by atoms with Gasteiger partial charge in [-0.2, -0.15) is 0 Å². The second-order valence-electron chi connectivity index (χ2n) is 7.52. The van der Waals surface area contributed by atoms with Crippen molar-refractivity contribution in [1.82, 2.24) is 0 Å². The maximum Gasteiger partial charge on any atom is 0.192 e. The predicted octanol–water partition coefficient (Wildman–Crippen LogP) is 3.30. The molecule has 0 aromatic heterocycles. The van der Waals surface area contributed by atoms with E-state index in [0.29, 0.717) is 0 Å². The standard InChI is InChI=1S/C15H32O4Si/c1-14(2,3)20(6,7)19-12(13(17-4)18-5)8-9-15(16)10-11-15/h12-13,16H,8-11H2,1-7H3. The Hall–Kier alpha value is 0.0569. The molecule has 1 rings (SSSR count). The lowest BCUT2D eigenvalue weighted by atomic mass is 10.1. The van der Waals surface area contributed by atoms with Gasteiger partial charge in [-0.1, -0.05) is 20.8 Å². The quantitative estimate of drug-likeness (QED) is 0.552. The van der Waals surface area contributed by atoms with Gasteiger partial charge in [-0.05, 0) is 43.8 Å². The van der Waals surface area contributed by atoms with Gasteiger partial charge in [0, 0.05) is 14.2 Å². The van der Waals surface area contributed by atoms with Crippen molar-refractivity contribution in [3.63, 3.8) is 0 Å². The van der Waals surface area contributed by atoms with Crippen LogP contribution in [0.2, 0.25) is 18.1 Å². The fourth-order valence-electron chi connectivity index (χ4n) is 2.01. The molecule has 1 N–H and O–H groups in total. The average molecular weight is 305 g/mol. The summed E-state index contributed by atoms with van der Waals surface area (Å²) in [7, 11) is 1.40. The van der Waals surface area contributed by atoms with Gasteiger partial charge in [-0.25, -0.2) is 0 Å². The van der Waals surface area contributed by atoms with E-state index >= 15 is 0 Å². The Morgan fingerprint density at radius 2 is 1.65 bits per heavy atom. The van der Waals surface area contributed by atoms with Crippen LogP contribution in [0, 0.1) is 0 Å². The molecular weight excluding hydrogens is 272 g/mol. The van der Waals surface area contributed by atoms with Crippen LogP contribution in [-0.2, 0) is 13.9 Å². The van der Waals surface area contributed by atoms with Gasteiger partial charge in [0.15, 0.2) is 14.6 Å². The lowest BCUT2D eigenvalue weighted by molar-refractivity contribution is -0.162. The molecule has 0 bridgehead atoms. The maximum absolute atomic E-state index is 10.0. The van der Waals surface area contributed by atoms with Crippen molar-refractivity contribution in [3.05, 3.63) is 0 Å². The molecule has 120 valence electrons. The summed E-state index contributed by atoms with van der Waals surface area (Å²) in [6.45, 7) is 11.1. The highest BCUT2D eigenvalue weighted by Gasteiger charge is 2.44. The third-order valence-electron chi connectivity index (χ3n) is 4.74. The SMILES string of the molecule is COC(OC)C(CCC1(O)CC1)O[Si](C)(C)C(C)(C)C.